The molecular weight excluding hydrogens is 224 g/mol. The molecule has 0 spiro atoms. The van der Waals surface area contributed by atoms with E-state index in [0.29, 0.717) is 13.0 Å². The quantitative estimate of drug-likeness (QED) is 0.815. The predicted molar refractivity (Wildman–Crippen MR) is 70.2 cm³/mol. The Kier molecular flexibility index (Phi) is 4.11. The minimum Gasteiger partial charge on any atom is -0.310 e. The van der Waals surface area contributed by atoms with E-state index >= 15 is 0 Å². The van der Waals surface area contributed by atoms with E-state index < -0.39 is 0 Å². The van der Waals surface area contributed by atoms with E-state index in [1.54, 1.807) is 0 Å². The number of imidazole rings is 1. The molecule has 0 aliphatic heterocycles. The van der Waals surface area contributed by atoms with Crippen molar-refractivity contribution < 1.29 is 0 Å². The first kappa shape index (κ1) is 12.3. The van der Waals surface area contributed by atoms with Crippen molar-refractivity contribution in [2.75, 3.05) is 6.54 Å². The summed E-state index contributed by atoms with van der Waals surface area (Å²) >= 11 is 0. The van der Waals surface area contributed by atoms with Crippen LogP contribution in [0.5, 0.6) is 0 Å². The maximum Gasteiger partial charge on any atom is 0.110 e. The average molecular weight is 240 g/mol. The van der Waals surface area contributed by atoms with Gasteiger partial charge in [-0.2, -0.15) is 5.26 Å². The van der Waals surface area contributed by atoms with Crippen molar-refractivity contribution in [1.29, 1.82) is 5.26 Å². The molecule has 0 fully saturated rings. The molecule has 1 heterocycles. The van der Waals surface area contributed by atoms with Gasteiger partial charge in [0.2, 0.25) is 0 Å². The lowest BCUT2D eigenvalue weighted by Crippen LogP contribution is -2.17. The molecule has 1 aromatic heterocycles. The number of aryl methyl sites for hydroxylation is 1. The van der Waals surface area contributed by atoms with E-state index in [2.05, 4.69) is 33.1 Å². The maximum atomic E-state index is 8.49. The maximum absolute atomic E-state index is 8.49. The molecule has 4 nitrogen and oxygen atoms in total. The molecule has 0 bridgehead atoms. The van der Waals surface area contributed by atoms with E-state index in [9.17, 15) is 0 Å². The number of para-hydroxylation sites is 1. The van der Waals surface area contributed by atoms with Gasteiger partial charge in [0.15, 0.2) is 0 Å². The highest BCUT2D eigenvalue weighted by atomic mass is 15.1. The van der Waals surface area contributed by atoms with Crippen LogP contribution in [0.1, 0.15) is 17.9 Å². The van der Waals surface area contributed by atoms with E-state index in [4.69, 9.17) is 5.26 Å². The summed E-state index contributed by atoms with van der Waals surface area (Å²) < 4.78 is 2.12. The molecule has 2 rings (SSSR count). The van der Waals surface area contributed by atoms with Crippen molar-refractivity contribution in [3.05, 3.63) is 48.0 Å². The Bertz CT molecular complexity index is 537. The lowest BCUT2D eigenvalue weighted by molar-refractivity contribution is 0.673. The first-order valence-corrected chi connectivity index (χ1v) is 5.99. The zero-order chi connectivity index (χ0) is 12.8. The Labute approximate surface area is 107 Å². The van der Waals surface area contributed by atoms with Gasteiger partial charge >= 0.3 is 0 Å². The van der Waals surface area contributed by atoms with Crippen molar-refractivity contribution in [3.8, 4) is 11.8 Å². The molecule has 0 atom stereocenters. The summed E-state index contributed by atoms with van der Waals surface area (Å²) in [5.74, 6) is 0.971. The summed E-state index contributed by atoms with van der Waals surface area (Å²) in [7, 11) is 0. The summed E-state index contributed by atoms with van der Waals surface area (Å²) in [4.78, 5) is 4.35. The Morgan fingerprint density at radius 3 is 2.83 bits per heavy atom. The van der Waals surface area contributed by atoms with Crippen molar-refractivity contribution in [2.45, 2.75) is 19.9 Å². The van der Waals surface area contributed by atoms with Crippen LogP contribution in [-0.2, 0) is 6.54 Å². The largest absolute Gasteiger partial charge is 0.310 e. The third-order valence-corrected chi connectivity index (χ3v) is 2.75. The highest BCUT2D eigenvalue weighted by Crippen LogP contribution is 2.14. The molecule has 2 aromatic rings. The molecule has 0 unspecified atom stereocenters. The SMILES string of the molecule is Cc1ncc(CNCCC#N)n1-c1ccccc1. The zero-order valence-electron chi connectivity index (χ0n) is 10.4. The van der Waals surface area contributed by atoms with Crippen LogP contribution in [0.4, 0.5) is 0 Å². The van der Waals surface area contributed by atoms with Crippen LogP contribution in [0.25, 0.3) is 5.69 Å². The second kappa shape index (κ2) is 5.99. The summed E-state index contributed by atoms with van der Waals surface area (Å²) in [5.41, 5.74) is 2.22. The molecular formula is C14H16N4. The number of nitrogens with zero attached hydrogens (tertiary/aromatic N) is 3. The van der Waals surface area contributed by atoms with Gasteiger partial charge in [-0.15, -0.1) is 0 Å². The summed E-state index contributed by atoms with van der Waals surface area (Å²) in [6.07, 6.45) is 2.40. The van der Waals surface area contributed by atoms with Crippen molar-refractivity contribution in [3.63, 3.8) is 0 Å². The van der Waals surface area contributed by atoms with Crippen LogP contribution < -0.4 is 5.32 Å². The van der Waals surface area contributed by atoms with Crippen molar-refractivity contribution in [2.24, 2.45) is 0 Å². The van der Waals surface area contributed by atoms with Crippen LogP contribution >= 0.6 is 0 Å². The molecule has 4 heteroatoms. The Morgan fingerprint density at radius 1 is 1.33 bits per heavy atom. The fourth-order valence-corrected chi connectivity index (χ4v) is 1.91. The minimum atomic E-state index is 0.526. The van der Waals surface area contributed by atoms with Crippen LogP contribution in [0, 0.1) is 18.3 Å². The van der Waals surface area contributed by atoms with Gasteiger partial charge in [0.1, 0.15) is 5.82 Å². The Hall–Kier alpha value is -2.12. The molecule has 92 valence electrons. The van der Waals surface area contributed by atoms with Gasteiger partial charge in [-0.1, -0.05) is 18.2 Å². The monoisotopic (exact) mass is 240 g/mol. The fourth-order valence-electron chi connectivity index (χ4n) is 1.91. The van der Waals surface area contributed by atoms with Crippen molar-refractivity contribution >= 4 is 0 Å². The lowest BCUT2D eigenvalue weighted by atomic mass is 10.3. The summed E-state index contributed by atoms with van der Waals surface area (Å²) in [6.45, 7) is 3.42. The molecule has 1 aromatic carbocycles. The molecule has 18 heavy (non-hydrogen) atoms. The van der Waals surface area contributed by atoms with Gasteiger partial charge < -0.3 is 5.32 Å². The van der Waals surface area contributed by atoms with Gasteiger partial charge in [0.05, 0.1) is 18.0 Å². The molecule has 0 radical (unpaired) electrons. The first-order valence-electron chi connectivity index (χ1n) is 5.99. The Balaban J connectivity index is 2.15. The van der Waals surface area contributed by atoms with Crippen LogP contribution in [0.15, 0.2) is 36.5 Å². The number of hydrogen-bond acceptors (Lipinski definition) is 3. The Morgan fingerprint density at radius 2 is 2.11 bits per heavy atom. The fraction of sp³-hybridized carbons (Fsp3) is 0.286. The predicted octanol–water partition coefficient (Wildman–Crippen LogP) is 2.18. The third kappa shape index (κ3) is 2.76. The van der Waals surface area contributed by atoms with Crippen LogP contribution in [0.3, 0.4) is 0 Å². The number of rotatable bonds is 5. The van der Waals surface area contributed by atoms with Crippen molar-refractivity contribution in [1.82, 2.24) is 14.9 Å². The molecule has 0 saturated carbocycles. The second-order valence-electron chi connectivity index (χ2n) is 4.05. The number of hydrogen-bond donors (Lipinski definition) is 1. The van der Waals surface area contributed by atoms with Crippen LogP contribution in [0.2, 0.25) is 0 Å². The van der Waals surface area contributed by atoms with E-state index in [0.717, 1.165) is 23.8 Å². The van der Waals surface area contributed by atoms with Gasteiger partial charge in [0, 0.05) is 25.2 Å². The number of nitrogens with one attached hydrogen (secondary N) is 1. The normalized spacial score (nSPS) is 10.2. The zero-order valence-corrected chi connectivity index (χ0v) is 10.4. The summed E-state index contributed by atoms with van der Waals surface area (Å²) in [6, 6.07) is 12.3. The summed E-state index contributed by atoms with van der Waals surface area (Å²) in [5, 5.41) is 11.7. The lowest BCUT2D eigenvalue weighted by Gasteiger charge is -2.10. The van der Waals surface area contributed by atoms with Gasteiger partial charge in [0.25, 0.3) is 0 Å². The third-order valence-electron chi connectivity index (χ3n) is 2.75. The van der Waals surface area contributed by atoms with Gasteiger partial charge in [-0.3, -0.25) is 4.57 Å². The first-order chi connectivity index (χ1) is 8.83. The number of benzene rings is 1. The van der Waals surface area contributed by atoms with E-state index in [-0.39, 0.29) is 0 Å². The number of nitriles is 1. The minimum absolute atomic E-state index is 0.526. The molecule has 0 amide bonds. The van der Waals surface area contributed by atoms with Gasteiger partial charge in [-0.25, -0.2) is 4.98 Å². The highest BCUT2D eigenvalue weighted by Gasteiger charge is 2.07. The highest BCUT2D eigenvalue weighted by molar-refractivity contribution is 5.35. The molecule has 0 saturated heterocycles. The molecule has 0 aliphatic rings. The van der Waals surface area contributed by atoms with Crippen LogP contribution in [-0.4, -0.2) is 16.1 Å². The second-order valence-corrected chi connectivity index (χ2v) is 4.05. The average Bonchev–Trinajstić information content (AvgIpc) is 2.77. The standard InChI is InChI=1S/C14H16N4/c1-12-17-11-14(10-16-9-5-8-15)18(12)13-6-3-2-4-7-13/h2-4,6-7,11,16H,5,9-10H2,1H3. The number of aromatic nitrogens is 2. The van der Waals surface area contributed by atoms with Gasteiger partial charge in [-0.05, 0) is 19.1 Å². The smallest absolute Gasteiger partial charge is 0.110 e. The van der Waals surface area contributed by atoms with E-state index in [1.807, 2.05) is 31.3 Å². The topological polar surface area (TPSA) is 53.6 Å². The molecule has 0 aliphatic carbocycles. The molecule has 1 N–H and O–H groups in total. The van der Waals surface area contributed by atoms with E-state index in [1.165, 1.54) is 0 Å².